The van der Waals surface area contributed by atoms with Crippen LogP contribution in [-0.2, 0) is 0 Å². The number of aromatic hydroxyl groups is 1. The topological polar surface area (TPSA) is 65.1 Å². The van der Waals surface area contributed by atoms with Crippen LogP contribution in [0.3, 0.4) is 0 Å². The zero-order chi connectivity index (χ0) is 15.0. The fourth-order valence-electron chi connectivity index (χ4n) is 2.02. The second-order valence-electron chi connectivity index (χ2n) is 4.53. The van der Waals surface area contributed by atoms with Crippen molar-refractivity contribution in [3.8, 4) is 5.75 Å². The zero-order valence-corrected chi connectivity index (χ0v) is 13.8. The molecular weight excluding hydrogens is 400 g/mol. The van der Waals surface area contributed by atoms with Gasteiger partial charge < -0.3 is 15.4 Å². The number of fused-ring (bicyclic) bond motifs is 1. The molecule has 0 radical (unpaired) electrons. The molecule has 0 bridgehead atoms. The first-order valence-electron chi connectivity index (χ1n) is 6.11. The van der Waals surface area contributed by atoms with Crippen molar-refractivity contribution in [1.82, 2.24) is 4.98 Å². The maximum atomic E-state index is 12.3. The van der Waals surface area contributed by atoms with Crippen LogP contribution >= 0.6 is 31.9 Å². The molecular formula is C15H10Br2N2O2. The number of phenolic OH excluding ortho intramolecular Hbond substituents is 1. The SMILES string of the molecule is O=C(Nc1cc(Br)ccc1O)c1cc2ccc(Br)cc2[nH]1. The molecule has 3 aromatic rings. The highest BCUT2D eigenvalue weighted by molar-refractivity contribution is 9.10. The highest BCUT2D eigenvalue weighted by Crippen LogP contribution is 2.27. The van der Waals surface area contributed by atoms with Gasteiger partial charge in [-0.1, -0.05) is 37.9 Å². The molecule has 3 N–H and O–H groups in total. The highest BCUT2D eigenvalue weighted by atomic mass is 79.9. The van der Waals surface area contributed by atoms with E-state index in [2.05, 4.69) is 42.2 Å². The van der Waals surface area contributed by atoms with E-state index in [1.807, 2.05) is 18.2 Å². The predicted molar refractivity (Wildman–Crippen MR) is 89.8 cm³/mol. The van der Waals surface area contributed by atoms with Gasteiger partial charge >= 0.3 is 0 Å². The predicted octanol–water partition coefficient (Wildman–Crippen LogP) is 4.65. The number of carbonyl (C=O) groups excluding carboxylic acids is 1. The minimum Gasteiger partial charge on any atom is -0.506 e. The maximum Gasteiger partial charge on any atom is 0.272 e. The molecule has 1 heterocycles. The molecule has 0 aliphatic carbocycles. The van der Waals surface area contributed by atoms with Crippen molar-refractivity contribution < 1.29 is 9.90 Å². The first kappa shape index (κ1) is 14.2. The smallest absolute Gasteiger partial charge is 0.272 e. The number of aromatic nitrogens is 1. The molecule has 4 nitrogen and oxygen atoms in total. The maximum absolute atomic E-state index is 12.3. The molecule has 0 aliphatic heterocycles. The van der Waals surface area contributed by atoms with Crippen LogP contribution in [0.1, 0.15) is 10.5 Å². The van der Waals surface area contributed by atoms with Gasteiger partial charge in [-0.2, -0.15) is 0 Å². The van der Waals surface area contributed by atoms with Crippen molar-refractivity contribution in [1.29, 1.82) is 0 Å². The molecule has 0 saturated carbocycles. The fourth-order valence-corrected chi connectivity index (χ4v) is 2.74. The Morgan fingerprint density at radius 2 is 1.76 bits per heavy atom. The Kier molecular flexibility index (Phi) is 3.73. The van der Waals surface area contributed by atoms with E-state index in [1.165, 1.54) is 6.07 Å². The van der Waals surface area contributed by atoms with E-state index in [9.17, 15) is 9.90 Å². The summed E-state index contributed by atoms with van der Waals surface area (Å²) in [5, 5.41) is 13.4. The molecule has 1 aromatic heterocycles. The number of carbonyl (C=O) groups is 1. The van der Waals surface area contributed by atoms with Gasteiger partial charge in [0.05, 0.1) is 5.69 Å². The minimum absolute atomic E-state index is 0.0189. The lowest BCUT2D eigenvalue weighted by molar-refractivity contribution is 0.102. The Hall–Kier alpha value is -1.79. The van der Waals surface area contributed by atoms with E-state index in [0.717, 1.165) is 19.8 Å². The number of nitrogens with one attached hydrogen (secondary N) is 2. The van der Waals surface area contributed by atoms with Crippen LogP contribution < -0.4 is 5.32 Å². The third-order valence-electron chi connectivity index (χ3n) is 3.04. The third-order valence-corrected chi connectivity index (χ3v) is 4.02. The quantitative estimate of drug-likeness (QED) is 0.539. The molecule has 0 unspecified atom stereocenters. The van der Waals surface area contributed by atoms with E-state index < -0.39 is 0 Å². The average Bonchev–Trinajstić information content (AvgIpc) is 2.86. The van der Waals surface area contributed by atoms with Gasteiger partial charge in [0.2, 0.25) is 0 Å². The second-order valence-corrected chi connectivity index (χ2v) is 6.36. The number of phenols is 1. The summed E-state index contributed by atoms with van der Waals surface area (Å²) in [6, 6.07) is 12.4. The Balaban J connectivity index is 1.91. The molecule has 3 rings (SSSR count). The average molecular weight is 410 g/mol. The molecule has 106 valence electrons. The number of benzene rings is 2. The number of hydrogen-bond acceptors (Lipinski definition) is 2. The first-order chi connectivity index (χ1) is 10.0. The fraction of sp³-hybridized carbons (Fsp3) is 0. The van der Waals surface area contributed by atoms with Gasteiger partial charge in [-0.3, -0.25) is 4.79 Å². The summed E-state index contributed by atoms with van der Waals surface area (Å²) < 4.78 is 1.71. The summed E-state index contributed by atoms with van der Waals surface area (Å²) in [5.41, 5.74) is 1.66. The van der Waals surface area contributed by atoms with Gasteiger partial charge in [-0.25, -0.2) is 0 Å². The Bertz CT molecular complexity index is 843. The molecule has 1 amide bonds. The summed E-state index contributed by atoms with van der Waals surface area (Å²) in [5.74, 6) is -0.291. The van der Waals surface area contributed by atoms with Gasteiger partial charge in [-0.05, 0) is 36.4 Å². The van der Waals surface area contributed by atoms with Crippen molar-refractivity contribution >= 4 is 54.4 Å². The summed E-state index contributed by atoms with van der Waals surface area (Å²) >= 11 is 6.69. The lowest BCUT2D eigenvalue weighted by Gasteiger charge is -2.06. The van der Waals surface area contributed by atoms with E-state index >= 15 is 0 Å². The van der Waals surface area contributed by atoms with Crippen LogP contribution in [0.5, 0.6) is 5.75 Å². The van der Waals surface area contributed by atoms with Crippen LogP contribution in [0, 0.1) is 0 Å². The van der Waals surface area contributed by atoms with Gasteiger partial charge in [0.25, 0.3) is 5.91 Å². The standard InChI is InChI=1S/C15H10Br2N2O2/c16-9-2-1-8-5-13(18-11(8)6-9)15(21)19-12-7-10(17)3-4-14(12)20/h1-7,18,20H,(H,19,21). The van der Waals surface area contributed by atoms with Crippen molar-refractivity contribution in [2.75, 3.05) is 5.32 Å². The first-order valence-corrected chi connectivity index (χ1v) is 7.70. The molecule has 0 spiro atoms. The van der Waals surface area contributed by atoms with Crippen LogP contribution in [0.4, 0.5) is 5.69 Å². The largest absolute Gasteiger partial charge is 0.506 e. The lowest BCUT2D eigenvalue weighted by atomic mass is 10.2. The Morgan fingerprint density at radius 1 is 1.05 bits per heavy atom. The Morgan fingerprint density at radius 3 is 2.57 bits per heavy atom. The number of hydrogen-bond donors (Lipinski definition) is 3. The Labute approximate surface area is 137 Å². The van der Waals surface area contributed by atoms with Crippen LogP contribution in [0.25, 0.3) is 10.9 Å². The minimum atomic E-state index is -0.310. The number of H-pyrrole nitrogens is 1. The van der Waals surface area contributed by atoms with E-state index in [0.29, 0.717) is 11.4 Å². The van der Waals surface area contributed by atoms with E-state index in [1.54, 1.807) is 18.2 Å². The van der Waals surface area contributed by atoms with Gasteiger partial charge in [0.1, 0.15) is 11.4 Å². The molecule has 21 heavy (non-hydrogen) atoms. The molecule has 2 aromatic carbocycles. The monoisotopic (exact) mass is 408 g/mol. The summed E-state index contributed by atoms with van der Waals surface area (Å²) in [6.45, 7) is 0. The summed E-state index contributed by atoms with van der Waals surface area (Å²) in [4.78, 5) is 15.3. The summed E-state index contributed by atoms with van der Waals surface area (Å²) in [6.07, 6.45) is 0. The number of halogens is 2. The summed E-state index contributed by atoms with van der Waals surface area (Å²) in [7, 11) is 0. The normalized spacial score (nSPS) is 10.8. The van der Waals surface area contributed by atoms with Crippen LogP contribution in [-0.4, -0.2) is 16.0 Å². The van der Waals surface area contributed by atoms with Crippen molar-refractivity contribution in [3.63, 3.8) is 0 Å². The second kappa shape index (κ2) is 5.54. The number of amides is 1. The van der Waals surface area contributed by atoms with Crippen molar-refractivity contribution in [2.24, 2.45) is 0 Å². The molecule has 6 heteroatoms. The van der Waals surface area contributed by atoms with Crippen molar-refractivity contribution in [2.45, 2.75) is 0 Å². The number of rotatable bonds is 2. The molecule has 0 aliphatic rings. The van der Waals surface area contributed by atoms with Gasteiger partial charge in [-0.15, -0.1) is 0 Å². The number of aromatic amines is 1. The highest BCUT2D eigenvalue weighted by Gasteiger charge is 2.12. The lowest BCUT2D eigenvalue weighted by Crippen LogP contribution is -2.12. The third kappa shape index (κ3) is 2.96. The van der Waals surface area contributed by atoms with Gasteiger partial charge in [0, 0.05) is 19.8 Å². The molecule has 0 saturated heterocycles. The van der Waals surface area contributed by atoms with Crippen LogP contribution in [0.15, 0.2) is 51.4 Å². The number of anilines is 1. The molecule has 0 fully saturated rings. The molecule has 0 atom stereocenters. The van der Waals surface area contributed by atoms with E-state index in [-0.39, 0.29) is 11.7 Å². The van der Waals surface area contributed by atoms with Crippen LogP contribution in [0.2, 0.25) is 0 Å². The van der Waals surface area contributed by atoms with Gasteiger partial charge in [0.15, 0.2) is 0 Å². The van der Waals surface area contributed by atoms with E-state index in [4.69, 9.17) is 0 Å². The zero-order valence-electron chi connectivity index (χ0n) is 10.7. The van der Waals surface area contributed by atoms with Crippen molar-refractivity contribution in [3.05, 3.63) is 57.1 Å².